The molecule has 0 aliphatic heterocycles. The predicted octanol–water partition coefficient (Wildman–Crippen LogP) is 3.24. The van der Waals surface area contributed by atoms with E-state index in [4.69, 9.17) is 15.2 Å². The third-order valence-corrected chi connectivity index (χ3v) is 2.30. The molecule has 94 valence electrons. The highest BCUT2D eigenvalue weighted by Gasteiger charge is 2.05. The lowest BCUT2D eigenvalue weighted by atomic mass is 10.3. The van der Waals surface area contributed by atoms with Crippen molar-refractivity contribution in [1.29, 1.82) is 0 Å². The van der Waals surface area contributed by atoms with Crippen molar-refractivity contribution < 1.29 is 9.47 Å². The fraction of sp³-hybridized carbons (Fsp3) is 0.214. The summed E-state index contributed by atoms with van der Waals surface area (Å²) < 4.78 is 11.3. The number of nitrogens with two attached hydrogens (primary N) is 1. The second kappa shape index (κ2) is 5.91. The first-order chi connectivity index (χ1) is 8.79. The van der Waals surface area contributed by atoms with Crippen LogP contribution in [0, 0.1) is 0 Å². The van der Waals surface area contributed by atoms with Gasteiger partial charge < -0.3 is 15.2 Å². The van der Waals surface area contributed by atoms with E-state index in [1.54, 1.807) is 18.3 Å². The zero-order valence-corrected chi connectivity index (χ0v) is 10.3. The Morgan fingerprint density at radius 1 is 1.11 bits per heavy atom. The number of nitrogens with zero attached hydrogens (tertiary/aromatic N) is 1. The third kappa shape index (κ3) is 3.13. The van der Waals surface area contributed by atoms with E-state index in [1.165, 1.54) is 0 Å². The van der Waals surface area contributed by atoms with Crippen LogP contribution in [0.4, 0.5) is 5.82 Å². The molecule has 0 spiro atoms. The van der Waals surface area contributed by atoms with Crippen molar-refractivity contribution in [2.45, 2.75) is 13.3 Å². The van der Waals surface area contributed by atoms with Gasteiger partial charge >= 0.3 is 0 Å². The number of nitrogen functional groups attached to an aromatic ring is 1. The molecule has 1 aromatic carbocycles. The lowest BCUT2D eigenvalue weighted by Crippen LogP contribution is -1.97. The molecule has 0 saturated heterocycles. The number of rotatable bonds is 5. The SMILES string of the molecule is CCCOc1ccccc1Oc1ccc(N)nc1. The van der Waals surface area contributed by atoms with E-state index in [0.717, 1.165) is 12.2 Å². The molecular weight excluding hydrogens is 228 g/mol. The molecule has 2 N–H and O–H groups in total. The molecule has 0 aliphatic carbocycles. The van der Waals surface area contributed by atoms with Crippen LogP contribution in [-0.2, 0) is 0 Å². The van der Waals surface area contributed by atoms with Crippen LogP contribution in [0.3, 0.4) is 0 Å². The lowest BCUT2D eigenvalue weighted by Gasteiger charge is -2.11. The van der Waals surface area contributed by atoms with Gasteiger partial charge in [0.2, 0.25) is 0 Å². The van der Waals surface area contributed by atoms with Crippen LogP contribution >= 0.6 is 0 Å². The molecular formula is C14H16N2O2. The maximum Gasteiger partial charge on any atom is 0.169 e. The minimum absolute atomic E-state index is 0.470. The summed E-state index contributed by atoms with van der Waals surface area (Å²) in [5, 5.41) is 0. The van der Waals surface area contributed by atoms with Crippen molar-refractivity contribution in [2.75, 3.05) is 12.3 Å². The Balaban J connectivity index is 2.15. The second-order valence-electron chi connectivity index (χ2n) is 3.82. The number of hydrogen-bond donors (Lipinski definition) is 1. The molecule has 1 heterocycles. The third-order valence-electron chi connectivity index (χ3n) is 2.30. The number of hydrogen-bond acceptors (Lipinski definition) is 4. The zero-order valence-electron chi connectivity index (χ0n) is 10.3. The minimum atomic E-state index is 0.470. The van der Waals surface area contributed by atoms with Gasteiger partial charge in [0.05, 0.1) is 12.8 Å². The largest absolute Gasteiger partial charge is 0.490 e. The number of para-hydroxylation sites is 2. The molecule has 0 fully saturated rings. The van der Waals surface area contributed by atoms with Crippen LogP contribution in [0.1, 0.15) is 13.3 Å². The first-order valence-electron chi connectivity index (χ1n) is 5.91. The van der Waals surface area contributed by atoms with E-state index in [-0.39, 0.29) is 0 Å². The summed E-state index contributed by atoms with van der Waals surface area (Å²) in [4.78, 5) is 3.98. The molecule has 0 radical (unpaired) electrons. The van der Waals surface area contributed by atoms with Crippen molar-refractivity contribution in [2.24, 2.45) is 0 Å². The Hall–Kier alpha value is -2.23. The first kappa shape index (κ1) is 12.2. The predicted molar refractivity (Wildman–Crippen MR) is 71.0 cm³/mol. The summed E-state index contributed by atoms with van der Waals surface area (Å²) in [7, 11) is 0. The smallest absolute Gasteiger partial charge is 0.169 e. The molecule has 0 aliphatic rings. The molecule has 4 heteroatoms. The van der Waals surface area contributed by atoms with Gasteiger partial charge in [0, 0.05) is 0 Å². The lowest BCUT2D eigenvalue weighted by molar-refractivity contribution is 0.302. The van der Waals surface area contributed by atoms with E-state index in [2.05, 4.69) is 11.9 Å². The summed E-state index contributed by atoms with van der Waals surface area (Å²) in [6, 6.07) is 11.0. The fourth-order valence-electron chi connectivity index (χ4n) is 1.44. The quantitative estimate of drug-likeness (QED) is 0.877. The number of aromatic nitrogens is 1. The average Bonchev–Trinajstić information content (AvgIpc) is 2.40. The number of ether oxygens (including phenoxy) is 2. The first-order valence-corrected chi connectivity index (χ1v) is 5.91. The highest BCUT2D eigenvalue weighted by molar-refractivity contribution is 5.43. The number of pyridine rings is 1. The highest BCUT2D eigenvalue weighted by Crippen LogP contribution is 2.31. The Morgan fingerprint density at radius 2 is 1.89 bits per heavy atom. The molecule has 0 unspecified atom stereocenters. The maximum absolute atomic E-state index is 5.72. The van der Waals surface area contributed by atoms with Gasteiger partial charge in [-0.2, -0.15) is 0 Å². The van der Waals surface area contributed by atoms with E-state index in [0.29, 0.717) is 23.9 Å². The van der Waals surface area contributed by atoms with Crippen LogP contribution in [0.5, 0.6) is 17.2 Å². The summed E-state index contributed by atoms with van der Waals surface area (Å²) in [5.41, 5.74) is 5.52. The molecule has 4 nitrogen and oxygen atoms in total. The van der Waals surface area contributed by atoms with Crippen molar-refractivity contribution in [3.63, 3.8) is 0 Å². The molecule has 0 amide bonds. The van der Waals surface area contributed by atoms with Crippen LogP contribution in [0.2, 0.25) is 0 Å². The molecule has 18 heavy (non-hydrogen) atoms. The van der Waals surface area contributed by atoms with Crippen LogP contribution < -0.4 is 15.2 Å². The summed E-state index contributed by atoms with van der Waals surface area (Å²) >= 11 is 0. The van der Waals surface area contributed by atoms with Gasteiger partial charge in [-0.15, -0.1) is 0 Å². The Morgan fingerprint density at radius 3 is 2.56 bits per heavy atom. The highest BCUT2D eigenvalue weighted by atomic mass is 16.5. The van der Waals surface area contributed by atoms with Crippen molar-refractivity contribution in [1.82, 2.24) is 4.98 Å². The summed E-state index contributed by atoms with van der Waals surface area (Å²) in [6.07, 6.45) is 2.55. The van der Waals surface area contributed by atoms with E-state index in [9.17, 15) is 0 Å². The Kier molecular flexibility index (Phi) is 4.02. The van der Waals surface area contributed by atoms with Gasteiger partial charge in [0.25, 0.3) is 0 Å². The summed E-state index contributed by atoms with van der Waals surface area (Å²) in [5.74, 6) is 2.52. The molecule has 1 aromatic heterocycles. The van der Waals surface area contributed by atoms with Crippen molar-refractivity contribution in [3.05, 3.63) is 42.6 Å². The van der Waals surface area contributed by atoms with Crippen molar-refractivity contribution >= 4 is 5.82 Å². The Bertz CT molecular complexity index is 497. The average molecular weight is 244 g/mol. The van der Waals surface area contributed by atoms with Crippen LogP contribution in [-0.4, -0.2) is 11.6 Å². The molecule has 0 saturated carbocycles. The minimum Gasteiger partial charge on any atom is -0.490 e. The summed E-state index contributed by atoms with van der Waals surface area (Å²) in [6.45, 7) is 2.73. The van der Waals surface area contributed by atoms with Crippen LogP contribution in [0.15, 0.2) is 42.6 Å². The Labute approximate surface area is 106 Å². The molecule has 2 aromatic rings. The van der Waals surface area contributed by atoms with Crippen molar-refractivity contribution in [3.8, 4) is 17.2 Å². The van der Waals surface area contributed by atoms with E-state index >= 15 is 0 Å². The van der Waals surface area contributed by atoms with Crippen LogP contribution in [0.25, 0.3) is 0 Å². The van der Waals surface area contributed by atoms with E-state index in [1.807, 2.05) is 24.3 Å². The molecule has 2 rings (SSSR count). The number of anilines is 1. The topological polar surface area (TPSA) is 57.4 Å². The fourth-order valence-corrected chi connectivity index (χ4v) is 1.44. The maximum atomic E-state index is 5.72. The van der Waals surface area contributed by atoms with E-state index < -0.39 is 0 Å². The monoisotopic (exact) mass is 244 g/mol. The molecule has 0 atom stereocenters. The van der Waals surface area contributed by atoms with Gasteiger partial charge in [-0.3, -0.25) is 0 Å². The van der Waals surface area contributed by atoms with Gasteiger partial charge in [0.1, 0.15) is 11.6 Å². The van der Waals surface area contributed by atoms with Gasteiger partial charge in [-0.05, 0) is 30.7 Å². The zero-order chi connectivity index (χ0) is 12.8. The second-order valence-corrected chi connectivity index (χ2v) is 3.82. The molecule has 0 bridgehead atoms. The van der Waals surface area contributed by atoms with Gasteiger partial charge in [-0.1, -0.05) is 19.1 Å². The normalized spacial score (nSPS) is 10.1. The number of benzene rings is 1. The standard InChI is InChI=1S/C14H16N2O2/c1-2-9-17-12-5-3-4-6-13(12)18-11-7-8-14(15)16-10-11/h3-8,10H,2,9H2,1H3,(H2,15,16). The van der Waals surface area contributed by atoms with Gasteiger partial charge in [-0.25, -0.2) is 4.98 Å². The van der Waals surface area contributed by atoms with Gasteiger partial charge in [0.15, 0.2) is 11.5 Å².